The first-order valence-corrected chi connectivity index (χ1v) is 6.96. The summed E-state index contributed by atoms with van der Waals surface area (Å²) in [6, 6.07) is 1.86. The van der Waals surface area contributed by atoms with E-state index in [1.54, 1.807) is 6.20 Å². The van der Waals surface area contributed by atoms with Gasteiger partial charge in [-0.15, -0.1) is 4.31 Å². The Morgan fingerprint density at radius 1 is 1.38 bits per heavy atom. The van der Waals surface area contributed by atoms with Crippen molar-refractivity contribution in [2.75, 3.05) is 13.1 Å². The summed E-state index contributed by atoms with van der Waals surface area (Å²) in [4.78, 5) is 4.79. The number of aromatic nitrogens is 1. The number of rotatable bonds is 2. The van der Waals surface area contributed by atoms with Gasteiger partial charge in [0.15, 0.2) is 4.90 Å². The first-order valence-electron chi connectivity index (χ1n) is 5.47. The zero-order chi connectivity index (χ0) is 11.5. The van der Waals surface area contributed by atoms with Gasteiger partial charge >= 0.3 is 0 Å². The summed E-state index contributed by atoms with van der Waals surface area (Å²) >= 11 is 4.77. The summed E-state index contributed by atoms with van der Waals surface area (Å²) in [5.74, 6) is 0. The Morgan fingerprint density at radius 2 is 2.06 bits per heavy atom. The number of hydrogen-bond donors (Lipinski definition) is 0. The minimum absolute atomic E-state index is 0.486. The molecule has 88 valence electrons. The zero-order valence-electron chi connectivity index (χ0n) is 9.28. The third kappa shape index (κ3) is 2.69. The first-order chi connectivity index (χ1) is 7.68. The number of hydrogen-bond acceptors (Lipinski definition) is 3. The van der Waals surface area contributed by atoms with E-state index in [0.29, 0.717) is 5.15 Å². The molecule has 5 heteroatoms. The van der Waals surface area contributed by atoms with Crippen molar-refractivity contribution in [2.45, 2.75) is 31.1 Å². The molecule has 1 aliphatic heterocycles. The highest BCUT2D eigenvalue weighted by molar-refractivity contribution is 7.89. The second-order valence-electron chi connectivity index (χ2n) is 4.02. The lowest BCUT2D eigenvalue weighted by Gasteiger charge is -2.26. The van der Waals surface area contributed by atoms with E-state index in [1.165, 1.54) is 6.42 Å². The minimum atomic E-state index is -1.08. The Bertz CT molecular complexity index is 369. The average Bonchev–Trinajstić information content (AvgIpc) is 2.33. The molecular formula is C11H15ClN2OS. The molecule has 2 rings (SSSR count). The van der Waals surface area contributed by atoms with Crippen LogP contribution >= 0.6 is 11.6 Å². The molecule has 1 saturated heterocycles. The smallest absolute Gasteiger partial charge is 0.192 e. The lowest BCUT2D eigenvalue weighted by atomic mass is 10.2. The van der Waals surface area contributed by atoms with Gasteiger partial charge in [0, 0.05) is 19.2 Å². The molecule has 0 saturated carbocycles. The van der Waals surface area contributed by atoms with E-state index < -0.39 is 11.4 Å². The summed E-state index contributed by atoms with van der Waals surface area (Å²) in [7, 11) is 0. The SMILES string of the molecule is Cc1cc([S+]([O-])N2CCCCC2)cnc1Cl. The van der Waals surface area contributed by atoms with Gasteiger partial charge in [0.2, 0.25) is 0 Å². The van der Waals surface area contributed by atoms with Gasteiger partial charge in [-0.25, -0.2) is 4.98 Å². The van der Waals surface area contributed by atoms with Gasteiger partial charge in [-0.1, -0.05) is 18.0 Å². The van der Waals surface area contributed by atoms with Gasteiger partial charge in [-0.2, -0.15) is 0 Å². The van der Waals surface area contributed by atoms with Crippen molar-refractivity contribution in [3.8, 4) is 0 Å². The van der Waals surface area contributed by atoms with E-state index in [-0.39, 0.29) is 0 Å². The Hall–Kier alpha value is -0.290. The highest BCUT2D eigenvalue weighted by atomic mass is 35.5. The fourth-order valence-corrected chi connectivity index (χ4v) is 3.22. The minimum Gasteiger partial charge on any atom is -0.593 e. The van der Waals surface area contributed by atoms with Crippen LogP contribution in [0.2, 0.25) is 5.15 Å². The van der Waals surface area contributed by atoms with Crippen LogP contribution in [0, 0.1) is 6.92 Å². The van der Waals surface area contributed by atoms with Crippen LogP contribution in [0.5, 0.6) is 0 Å². The number of piperidine rings is 1. The van der Waals surface area contributed by atoms with Crippen LogP contribution in [0.3, 0.4) is 0 Å². The summed E-state index contributed by atoms with van der Waals surface area (Å²) in [6.45, 7) is 3.70. The van der Waals surface area contributed by atoms with Gasteiger partial charge in [0.1, 0.15) is 5.15 Å². The summed E-state index contributed by atoms with van der Waals surface area (Å²) in [6.07, 6.45) is 5.11. The van der Waals surface area contributed by atoms with Gasteiger partial charge in [-0.3, -0.25) is 0 Å². The molecule has 1 aromatic heterocycles. The summed E-state index contributed by atoms with van der Waals surface area (Å²) < 4.78 is 14.2. The first kappa shape index (κ1) is 12.2. The predicted octanol–water partition coefficient (Wildman–Crippen LogP) is 2.55. The molecule has 3 nitrogen and oxygen atoms in total. The molecule has 0 N–H and O–H groups in total. The monoisotopic (exact) mass is 258 g/mol. The van der Waals surface area contributed by atoms with Gasteiger partial charge in [-0.05, 0) is 25.3 Å². The van der Waals surface area contributed by atoms with Crippen LogP contribution in [-0.4, -0.2) is 26.9 Å². The number of halogens is 1. The van der Waals surface area contributed by atoms with Crippen molar-refractivity contribution < 1.29 is 4.55 Å². The molecule has 0 aromatic carbocycles. The molecule has 1 aromatic rings. The van der Waals surface area contributed by atoms with Crippen LogP contribution in [0.1, 0.15) is 24.8 Å². The lowest BCUT2D eigenvalue weighted by Crippen LogP contribution is -2.35. The van der Waals surface area contributed by atoms with Crippen molar-refractivity contribution >= 4 is 23.0 Å². The largest absolute Gasteiger partial charge is 0.593 e. The van der Waals surface area contributed by atoms with Crippen LogP contribution in [0.15, 0.2) is 17.2 Å². The molecule has 1 aliphatic rings. The van der Waals surface area contributed by atoms with Crippen molar-refractivity contribution in [3.63, 3.8) is 0 Å². The Kier molecular flexibility index (Phi) is 4.08. The molecule has 0 aliphatic carbocycles. The van der Waals surface area contributed by atoms with Crippen molar-refractivity contribution in [1.82, 2.24) is 9.29 Å². The average molecular weight is 259 g/mol. The molecule has 1 atom stereocenters. The molecule has 0 radical (unpaired) electrons. The van der Waals surface area contributed by atoms with Crippen LogP contribution in [0.4, 0.5) is 0 Å². The van der Waals surface area contributed by atoms with Gasteiger partial charge in [0.05, 0.1) is 17.6 Å². The lowest BCUT2D eigenvalue weighted by molar-refractivity contribution is 0.346. The summed E-state index contributed by atoms with van der Waals surface area (Å²) in [5, 5.41) is 0.486. The van der Waals surface area contributed by atoms with Crippen molar-refractivity contribution in [3.05, 3.63) is 23.0 Å². The molecule has 2 heterocycles. The van der Waals surface area contributed by atoms with Crippen LogP contribution in [0.25, 0.3) is 0 Å². The Labute approximate surface area is 104 Å². The van der Waals surface area contributed by atoms with Gasteiger partial charge < -0.3 is 4.55 Å². The van der Waals surface area contributed by atoms with Crippen LogP contribution < -0.4 is 0 Å². The third-order valence-corrected chi connectivity index (χ3v) is 4.60. The predicted molar refractivity (Wildman–Crippen MR) is 65.8 cm³/mol. The number of aryl methyl sites for hydroxylation is 1. The molecule has 1 unspecified atom stereocenters. The standard InChI is InChI=1S/C11H15ClN2OS/c1-9-7-10(8-13-11(9)12)16(15)14-5-3-2-4-6-14/h7-8H,2-6H2,1H3. The third-order valence-electron chi connectivity index (χ3n) is 2.74. The fourth-order valence-electron chi connectivity index (χ4n) is 1.81. The van der Waals surface area contributed by atoms with E-state index >= 15 is 0 Å². The normalized spacial score (nSPS) is 19.7. The molecule has 0 amide bonds. The van der Waals surface area contributed by atoms with E-state index in [0.717, 1.165) is 36.4 Å². The van der Waals surface area contributed by atoms with Crippen molar-refractivity contribution in [2.24, 2.45) is 0 Å². The second-order valence-corrected chi connectivity index (χ2v) is 5.86. The maximum Gasteiger partial charge on any atom is 0.192 e. The fraction of sp³-hybridized carbons (Fsp3) is 0.545. The topological polar surface area (TPSA) is 39.2 Å². The second kappa shape index (κ2) is 5.36. The molecule has 0 bridgehead atoms. The number of nitrogens with zero attached hydrogens (tertiary/aromatic N) is 2. The molecule has 0 spiro atoms. The highest BCUT2D eigenvalue weighted by Gasteiger charge is 2.24. The quantitative estimate of drug-likeness (QED) is 0.605. The molecule has 1 fully saturated rings. The Balaban J connectivity index is 2.12. The zero-order valence-corrected chi connectivity index (χ0v) is 10.9. The maximum absolute atomic E-state index is 12.2. The van der Waals surface area contributed by atoms with E-state index in [9.17, 15) is 4.55 Å². The molecule has 16 heavy (non-hydrogen) atoms. The van der Waals surface area contributed by atoms with E-state index in [4.69, 9.17) is 11.6 Å². The Morgan fingerprint density at radius 3 is 2.69 bits per heavy atom. The summed E-state index contributed by atoms with van der Waals surface area (Å²) in [5.41, 5.74) is 0.879. The van der Waals surface area contributed by atoms with Crippen molar-refractivity contribution in [1.29, 1.82) is 0 Å². The van der Waals surface area contributed by atoms with E-state index in [1.807, 2.05) is 17.3 Å². The molecular weight excluding hydrogens is 244 g/mol. The van der Waals surface area contributed by atoms with Crippen LogP contribution in [-0.2, 0) is 11.4 Å². The highest BCUT2D eigenvalue weighted by Crippen LogP contribution is 2.22. The van der Waals surface area contributed by atoms with E-state index in [2.05, 4.69) is 4.98 Å². The maximum atomic E-state index is 12.2. The number of pyridine rings is 1. The van der Waals surface area contributed by atoms with Gasteiger partial charge in [0.25, 0.3) is 0 Å².